The summed E-state index contributed by atoms with van der Waals surface area (Å²) in [6.07, 6.45) is 3.72. The van der Waals surface area contributed by atoms with Gasteiger partial charge in [-0.05, 0) is 23.1 Å². The topological polar surface area (TPSA) is 33.1 Å². The Morgan fingerprint density at radius 2 is 1.59 bits per heavy atom. The minimum Gasteiger partial charge on any atom is -0.508 e. The molecular weight excluding hydrogens is 210 g/mol. The van der Waals surface area contributed by atoms with Gasteiger partial charge >= 0.3 is 0 Å². The zero-order valence-electron chi connectivity index (χ0n) is 9.17. The second kappa shape index (κ2) is 3.91. The van der Waals surface area contributed by atoms with Crippen LogP contribution in [0.4, 0.5) is 0 Å². The Kier molecular flexibility index (Phi) is 2.26. The summed E-state index contributed by atoms with van der Waals surface area (Å²) in [6.45, 7) is 0. The van der Waals surface area contributed by atoms with Crippen LogP contribution in [0.2, 0.25) is 0 Å². The van der Waals surface area contributed by atoms with Crippen LogP contribution >= 0.6 is 0 Å². The highest BCUT2D eigenvalue weighted by Crippen LogP contribution is 2.28. The predicted molar refractivity (Wildman–Crippen MR) is 68.8 cm³/mol. The second-order valence-corrected chi connectivity index (χ2v) is 3.96. The highest BCUT2D eigenvalue weighted by Gasteiger charge is 2.03. The Morgan fingerprint density at radius 3 is 2.41 bits per heavy atom. The Hall–Kier alpha value is -2.35. The standard InChI is InChI=1S/C15H11NO/c17-13-7-5-11(6-8-13)15-10-16-9-12-3-1-2-4-14(12)15/h1-10,17H. The number of phenols is 1. The molecule has 0 unspecified atom stereocenters. The average molecular weight is 221 g/mol. The maximum atomic E-state index is 9.30. The molecule has 1 heterocycles. The number of fused-ring (bicyclic) bond motifs is 1. The van der Waals surface area contributed by atoms with Gasteiger partial charge in [-0.2, -0.15) is 0 Å². The Labute approximate surface area is 99.2 Å². The lowest BCUT2D eigenvalue weighted by atomic mass is 10.0. The van der Waals surface area contributed by atoms with Crippen molar-refractivity contribution in [2.24, 2.45) is 0 Å². The average Bonchev–Trinajstić information content (AvgIpc) is 2.39. The molecule has 0 aliphatic rings. The number of aromatic hydroxyl groups is 1. The molecule has 0 aliphatic carbocycles. The summed E-state index contributed by atoms with van der Waals surface area (Å²) >= 11 is 0. The third kappa shape index (κ3) is 1.74. The summed E-state index contributed by atoms with van der Waals surface area (Å²) in [5.41, 5.74) is 2.15. The molecule has 2 aromatic carbocycles. The van der Waals surface area contributed by atoms with Crippen LogP contribution in [0.5, 0.6) is 5.75 Å². The normalized spacial score (nSPS) is 10.6. The van der Waals surface area contributed by atoms with Gasteiger partial charge in [0.15, 0.2) is 0 Å². The number of aromatic nitrogens is 1. The number of phenolic OH excluding ortho intramolecular Hbond substituents is 1. The molecule has 0 aliphatic heterocycles. The first-order valence-electron chi connectivity index (χ1n) is 5.47. The van der Waals surface area contributed by atoms with Crippen LogP contribution in [0.15, 0.2) is 60.9 Å². The number of rotatable bonds is 1. The SMILES string of the molecule is Oc1ccc(-c2cncc3ccccc23)cc1. The van der Waals surface area contributed by atoms with E-state index in [1.165, 1.54) is 5.39 Å². The molecule has 17 heavy (non-hydrogen) atoms. The van der Waals surface area contributed by atoms with Gasteiger partial charge in [-0.25, -0.2) is 0 Å². The monoisotopic (exact) mass is 221 g/mol. The molecule has 3 aromatic rings. The Balaban J connectivity index is 2.27. The summed E-state index contributed by atoms with van der Waals surface area (Å²) in [6, 6.07) is 15.3. The lowest BCUT2D eigenvalue weighted by Gasteiger charge is -2.06. The third-order valence-corrected chi connectivity index (χ3v) is 2.85. The first kappa shape index (κ1) is 9.85. The number of nitrogens with zero attached hydrogens (tertiary/aromatic N) is 1. The van der Waals surface area contributed by atoms with E-state index in [0.717, 1.165) is 16.5 Å². The molecule has 0 saturated carbocycles. The second-order valence-electron chi connectivity index (χ2n) is 3.96. The molecule has 0 fully saturated rings. The van der Waals surface area contributed by atoms with Gasteiger partial charge in [0.05, 0.1) is 0 Å². The smallest absolute Gasteiger partial charge is 0.115 e. The zero-order valence-corrected chi connectivity index (χ0v) is 9.17. The highest BCUT2D eigenvalue weighted by atomic mass is 16.3. The van der Waals surface area contributed by atoms with E-state index in [-0.39, 0.29) is 5.75 Å². The highest BCUT2D eigenvalue weighted by molar-refractivity contribution is 5.95. The van der Waals surface area contributed by atoms with E-state index in [1.54, 1.807) is 12.1 Å². The van der Waals surface area contributed by atoms with Crippen molar-refractivity contribution in [1.82, 2.24) is 4.98 Å². The fraction of sp³-hybridized carbons (Fsp3) is 0. The molecule has 3 rings (SSSR count). The molecule has 0 radical (unpaired) electrons. The third-order valence-electron chi connectivity index (χ3n) is 2.85. The van der Waals surface area contributed by atoms with Crippen LogP contribution in [0.1, 0.15) is 0 Å². The van der Waals surface area contributed by atoms with Crippen LogP contribution in [0.25, 0.3) is 21.9 Å². The van der Waals surface area contributed by atoms with Crippen molar-refractivity contribution >= 4 is 10.8 Å². The van der Waals surface area contributed by atoms with Gasteiger partial charge in [0, 0.05) is 23.3 Å². The molecule has 1 aromatic heterocycles. The predicted octanol–water partition coefficient (Wildman–Crippen LogP) is 3.61. The largest absolute Gasteiger partial charge is 0.508 e. The van der Waals surface area contributed by atoms with E-state index < -0.39 is 0 Å². The lowest BCUT2D eigenvalue weighted by Crippen LogP contribution is -1.83. The minimum absolute atomic E-state index is 0.280. The quantitative estimate of drug-likeness (QED) is 0.681. The van der Waals surface area contributed by atoms with E-state index in [4.69, 9.17) is 0 Å². The summed E-state index contributed by atoms with van der Waals surface area (Å²) in [4.78, 5) is 4.25. The van der Waals surface area contributed by atoms with Gasteiger partial charge in [-0.3, -0.25) is 4.98 Å². The first-order chi connectivity index (χ1) is 8.34. The maximum Gasteiger partial charge on any atom is 0.115 e. The first-order valence-corrected chi connectivity index (χ1v) is 5.47. The summed E-state index contributed by atoms with van der Waals surface area (Å²) < 4.78 is 0. The molecule has 2 nitrogen and oxygen atoms in total. The van der Waals surface area contributed by atoms with Gasteiger partial charge in [0.25, 0.3) is 0 Å². The number of benzene rings is 2. The van der Waals surface area contributed by atoms with Gasteiger partial charge in [-0.1, -0.05) is 36.4 Å². The Bertz CT molecular complexity index is 654. The molecule has 1 N–H and O–H groups in total. The molecule has 82 valence electrons. The summed E-state index contributed by atoms with van der Waals surface area (Å²) in [5, 5.41) is 11.6. The van der Waals surface area contributed by atoms with Crippen molar-refractivity contribution in [2.75, 3.05) is 0 Å². The summed E-state index contributed by atoms with van der Waals surface area (Å²) in [7, 11) is 0. The molecular formula is C15H11NO. The lowest BCUT2D eigenvalue weighted by molar-refractivity contribution is 0.475. The summed E-state index contributed by atoms with van der Waals surface area (Å²) in [5.74, 6) is 0.280. The number of hydrogen-bond donors (Lipinski definition) is 1. The zero-order chi connectivity index (χ0) is 11.7. The van der Waals surface area contributed by atoms with E-state index >= 15 is 0 Å². The van der Waals surface area contributed by atoms with Crippen molar-refractivity contribution in [3.8, 4) is 16.9 Å². The Morgan fingerprint density at radius 1 is 0.824 bits per heavy atom. The van der Waals surface area contributed by atoms with Crippen molar-refractivity contribution in [1.29, 1.82) is 0 Å². The van der Waals surface area contributed by atoms with Crippen LogP contribution in [-0.2, 0) is 0 Å². The van der Waals surface area contributed by atoms with Crippen LogP contribution < -0.4 is 0 Å². The van der Waals surface area contributed by atoms with Gasteiger partial charge < -0.3 is 5.11 Å². The van der Waals surface area contributed by atoms with Gasteiger partial charge in [-0.15, -0.1) is 0 Å². The van der Waals surface area contributed by atoms with Crippen molar-refractivity contribution in [2.45, 2.75) is 0 Å². The van der Waals surface area contributed by atoms with Crippen molar-refractivity contribution in [3.63, 3.8) is 0 Å². The van der Waals surface area contributed by atoms with E-state index in [0.29, 0.717) is 0 Å². The van der Waals surface area contributed by atoms with Gasteiger partial charge in [0.1, 0.15) is 5.75 Å². The van der Waals surface area contributed by atoms with Gasteiger partial charge in [0.2, 0.25) is 0 Å². The van der Waals surface area contributed by atoms with E-state index in [2.05, 4.69) is 11.1 Å². The van der Waals surface area contributed by atoms with Crippen LogP contribution in [-0.4, -0.2) is 10.1 Å². The fourth-order valence-corrected chi connectivity index (χ4v) is 1.99. The van der Waals surface area contributed by atoms with Crippen molar-refractivity contribution in [3.05, 3.63) is 60.9 Å². The van der Waals surface area contributed by atoms with Crippen LogP contribution in [0, 0.1) is 0 Å². The fourth-order valence-electron chi connectivity index (χ4n) is 1.99. The number of hydrogen-bond acceptors (Lipinski definition) is 2. The maximum absolute atomic E-state index is 9.30. The van der Waals surface area contributed by atoms with Crippen molar-refractivity contribution < 1.29 is 5.11 Å². The molecule has 2 heteroatoms. The van der Waals surface area contributed by atoms with Crippen LogP contribution in [0.3, 0.4) is 0 Å². The molecule has 0 amide bonds. The molecule has 0 spiro atoms. The number of pyridine rings is 1. The molecule has 0 atom stereocenters. The molecule has 0 bridgehead atoms. The molecule has 0 saturated heterocycles. The van der Waals surface area contributed by atoms with E-state index in [1.807, 2.05) is 42.7 Å². The van der Waals surface area contributed by atoms with E-state index in [9.17, 15) is 5.11 Å². The minimum atomic E-state index is 0.280.